The van der Waals surface area contributed by atoms with E-state index in [0.29, 0.717) is 0 Å². The molecule has 0 amide bonds. The van der Waals surface area contributed by atoms with Crippen molar-refractivity contribution in [2.45, 2.75) is 6.04 Å². The summed E-state index contributed by atoms with van der Waals surface area (Å²) in [6.07, 6.45) is 0. The first-order valence-electron chi connectivity index (χ1n) is 3.37. The fraction of sp³-hybridized carbons (Fsp3) is 0.800. The molecule has 0 radical (unpaired) electrons. The number of carbonyl (C=O) groups is 1. The van der Waals surface area contributed by atoms with Crippen molar-refractivity contribution in [1.82, 2.24) is 4.31 Å². The molecule has 1 fully saturated rings. The molecule has 1 saturated heterocycles. The molecule has 0 aromatic rings. The van der Waals surface area contributed by atoms with Gasteiger partial charge in [-0.15, -0.1) is 0 Å². The summed E-state index contributed by atoms with van der Waals surface area (Å²) < 4.78 is 23.2. The summed E-state index contributed by atoms with van der Waals surface area (Å²) in [5.74, 6) is -2.19. The number of sulfonamides is 1. The zero-order valence-electron chi connectivity index (χ0n) is 6.30. The van der Waals surface area contributed by atoms with Crippen LogP contribution in [0.4, 0.5) is 0 Å². The Bertz CT molecular complexity index is 280. The van der Waals surface area contributed by atoms with Gasteiger partial charge in [0.25, 0.3) is 0 Å². The molecule has 0 atom stereocenters. The first kappa shape index (κ1) is 9.43. The van der Waals surface area contributed by atoms with E-state index < -0.39 is 21.7 Å². The van der Waals surface area contributed by atoms with E-state index in [1.807, 2.05) is 0 Å². The summed E-state index contributed by atoms with van der Waals surface area (Å²) in [4.78, 5) is 10.1. The van der Waals surface area contributed by atoms with E-state index in [1.165, 1.54) is 0 Å². The van der Waals surface area contributed by atoms with Crippen LogP contribution in [-0.2, 0) is 14.8 Å². The van der Waals surface area contributed by atoms with Crippen molar-refractivity contribution >= 4 is 16.0 Å². The Morgan fingerprint density at radius 1 is 1.58 bits per heavy atom. The highest BCUT2D eigenvalue weighted by atomic mass is 32.2. The first-order valence-corrected chi connectivity index (χ1v) is 4.98. The number of nitrogens with two attached hydrogens (primary N) is 1. The van der Waals surface area contributed by atoms with E-state index in [1.54, 1.807) is 0 Å². The Balaban J connectivity index is 2.56. The van der Waals surface area contributed by atoms with Crippen LogP contribution < -0.4 is 5.73 Å². The van der Waals surface area contributed by atoms with Gasteiger partial charge in [-0.05, 0) is 0 Å². The molecular weight excluding hydrogens is 184 g/mol. The van der Waals surface area contributed by atoms with Gasteiger partial charge in [0.15, 0.2) is 5.75 Å². The normalized spacial score (nSPS) is 20.4. The third-order valence-electron chi connectivity index (χ3n) is 1.58. The fourth-order valence-corrected chi connectivity index (χ4v) is 2.28. The van der Waals surface area contributed by atoms with Crippen molar-refractivity contribution in [3.05, 3.63) is 0 Å². The summed E-state index contributed by atoms with van der Waals surface area (Å²) in [5.41, 5.74) is 5.34. The molecule has 6 nitrogen and oxygen atoms in total. The number of aliphatic carboxylic acids is 1. The van der Waals surface area contributed by atoms with E-state index in [-0.39, 0.29) is 19.1 Å². The minimum atomic E-state index is -3.60. The van der Waals surface area contributed by atoms with Crippen molar-refractivity contribution in [2.24, 2.45) is 5.73 Å². The Hall–Kier alpha value is -0.660. The Labute approximate surface area is 70.0 Å². The Kier molecular flexibility index (Phi) is 2.36. The van der Waals surface area contributed by atoms with E-state index in [2.05, 4.69) is 0 Å². The Morgan fingerprint density at radius 2 is 2.08 bits per heavy atom. The molecule has 3 N–H and O–H groups in total. The summed E-state index contributed by atoms with van der Waals surface area (Å²) in [7, 11) is -3.60. The van der Waals surface area contributed by atoms with Crippen molar-refractivity contribution in [2.75, 3.05) is 18.8 Å². The highest BCUT2D eigenvalue weighted by Gasteiger charge is 2.34. The van der Waals surface area contributed by atoms with Crippen LogP contribution in [0.25, 0.3) is 0 Å². The predicted molar refractivity (Wildman–Crippen MR) is 41.0 cm³/mol. The molecule has 1 aliphatic heterocycles. The minimum Gasteiger partial charge on any atom is -0.480 e. The summed E-state index contributed by atoms with van der Waals surface area (Å²) >= 11 is 0. The zero-order valence-corrected chi connectivity index (χ0v) is 7.12. The maximum absolute atomic E-state index is 11.1. The molecule has 7 heteroatoms. The highest BCUT2D eigenvalue weighted by molar-refractivity contribution is 7.89. The molecule has 1 heterocycles. The molecule has 0 spiro atoms. The quantitative estimate of drug-likeness (QED) is 0.543. The van der Waals surface area contributed by atoms with Crippen LogP contribution in [0.15, 0.2) is 0 Å². The van der Waals surface area contributed by atoms with Crippen LogP contribution in [0.2, 0.25) is 0 Å². The van der Waals surface area contributed by atoms with E-state index >= 15 is 0 Å². The SMILES string of the molecule is NC1CN(S(=O)(=O)CC(=O)O)C1. The van der Waals surface area contributed by atoms with Gasteiger partial charge in [0, 0.05) is 19.1 Å². The zero-order chi connectivity index (χ0) is 9.35. The lowest BCUT2D eigenvalue weighted by molar-refractivity contribution is -0.134. The van der Waals surface area contributed by atoms with Gasteiger partial charge in [-0.2, -0.15) is 4.31 Å². The van der Waals surface area contributed by atoms with Crippen molar-refractivity contribution in [1.29, 1.82) is 0 Å². The first-order chi connectivity index (χ1) is 5.42. The molecule has 0 aliphatic carbocycles. The third kappa shape index (κ3) is 1.93. The van der Waals surface area contributed by atoms with Crippen LogP contribution in [0, 0.1) is 0 Å². The predicted octanol–water partition coefficient (Wildman–Crippen LogP) is -1.96. The van der Waals surface area contributed by atoms with Crippen LogP contribution in [0.1, 0.15) is 0 Å². The van der Waals surface area contributed by atoms with Gasteiger partial charge in [-0.25, -0.2) is 8.42 Å². The molecule has 0 saturated carbocycles. The second-order valence-electron chi connectivity index (χ2n) is 2.73. The second kappa shape index (κ2) is 3.00. The second-order valence-corrected chi connectivity index (χ2v) is 4.70. The third-order valence-corrected chi connectivity index (χ3v) is 3.27. The van der Waals surface area contributed by atoms with E-state index in [4.69, 9.17) is 10.8 Å². The van der Waals surface area contributed by atoms with Gasteiger partial charge in [0.2, 0.25) is 10.0 Å². The number of hydrogen-bond acceptors (Lipinski definition) is 4. The fourth-order valence-electron chi connectivity index (χ4n) is 0.944. The van der Waals surface area contributed by atoms with Gasteiger partial charge < -0.3 is 10.8 Å². The average molecular weight is 194 g/mol. The molecule has 0 bridgehead atoms. The van der Waals surface area contributed by atoms with Crippen molar-refractivity contribution in [3.63, 3.8) is 0 Å². The van der Waals surface area contributed by atoms with Crippen LogP contribution in [0.5, 0.6) is 0 Å². The summed E-state index contributed by atoms with van der Waals surface area (Å²) in [6.45, 7) is 0.464. The molecule has 1 rings (SSSR count). The van der Waals surface area contributed by atoms with Crippen molar-refractivity contribution < 1.29 is 18.3 Å². The van der Waals surface area contributed by atoms with Gasteiger partial charge >= 0.3 is 5.97 Å². The smallest absolute Gasteiger partial charge is 0.320 e. The maximum Gasteiger partial charge on any atom is 0.320 e. The monoisotopic (exact) mass is 194 g/mol. The Morgan fingerprint density at radius 3 is 2.42 bits per heavy atom. The van der Waals surface area contributed by atoms with Gasteiger partial charge in [0.1, 0.15) is 0 Å². The molecule has 12 heavy (non-hydrogen) atoms. The molecule has 0 aromatic heterocycles. The molecule has 0 unspecified atom stereocenters. The number of carboxylic acids is 1. The minimum absolute atomic E-state index is 0.145. The number of carboxylic acid groups (broad SMARTS) is 1. The van der Waals surface area contributed by atoms with Gasteiger partial charge in [-0.1, -0.05) is 0 Å². The van der Waals surface area contributed by atoms with Crippen molar-refractivity contribution in [3.8, 4) is 0 Å². The lowest BCUT2D eigenvalue weighted by atomic mass is 10.2. The van der Waals surface area contributed by atoms with Crippen LogP contribution >= 0.6 is 0 Å². The topological polar surface area (TPSA) is 101 Å². The molecule has 1 aliphatic rings. The number of nitrogens with zero attached hydrogens (tertiary/aromatic N) is 1. The van der Waals surface area contributed by atoms with E-state index in [9.17, 15) is 13.2 Å². The molecule has 0 aromatic carbocycles. The highest BCUT2D eigenvalue weighted by Crippen LogP contribution is 2.11. The average Bonchev–Trinajstić information content (AvgIpc) is 1.77. The van der Waals surface area contributed by atoms with Gasteiger partial charge in [-0.3, -0.25) is 4.79 Å². The van der Waals surface area contributed by atoms with Crippen LogP contribution in [0.3, 0.4) is 0 Å². The molecular formula is C5H10N2O4S. The lowest BCUT2D eigenvalue weighted by Crippen LogP contribution is -2.58. The lowest BCUT2D eigenvalue weighted by Gasteiger charge is -2.34. The summed E-state index contributed by atoms with van der Waals surface area (Å²) in [6, 6.07) is -0.145. The number of hydrogen-bond donors (Lipinski definition) is 2. The standard InChI is InChI=1S/C5H10N2O4S/c6-4-1-7(2-4)12(10,11)3-5(8)9/h4H,1-3,6H2,(H,8,9). The summed E-state index contributed by atoms with van der Waals surface area (Å²) in [5, 5.41) is 8.25. The maximum atomic E-state index is 11.1. The van der Waals surface area contributed by atoms with E-state index in [0.717, 1.165) is 4.31 Å². The number of rotatable bonds is 3. The molecule has 70 valence electrons. The van der Waals surface area contributed by atoms with Gasteiger partial charge in [0.05, 0.1) is 0 Å². The van der Waals surface area contributed by atoms with Crippen LogP contribution in [-0.4, -0.2) is 48.7 Å². The largest absolute Gasteiger partial charge is 0.480 e.